The lowest BCUT2D eigenvalue weighted by Crippen LogP contribution is -2.43. The summed E-state index contributed by atoms with van der Waals surface area (Å²) in [6.45, 7) is 7.73. The van der Waals surface area contributed by atoms with Crippen LogP contribution in [0.15, 0.2) is 24.3 Å². The first kappa shape index (κ1) is 21.2. The van der Waals surface area contributed by atoms with Crippen LogP contribution in [0.3, 0.4) is 0 Å². The molecule has 1 saturated heterocycles. The average Bonchev–Trinajstić information content (AvgIpc) is 2.79. The van der Waals surface area contributed by atoms with Gasteiger partial charge in [0.25, 0.3) is 0 Å². The molecule has 2 aliphatic heterocycles. The highest BCUT2D eigenvalue weighted by molar-refractivity contribution is 5.74. The topological polar surface area (TPSA) is 79.8 Å². The molecule has 0 spiro atoms. The molecule has 2 amide bonds. The number of urea groups is 1. The first-order valence-corrected chi connectivity index (χ1v) is 11.1. The van der Waals surface area contributed by atoms with Gasteiger partial charge >= 0.3 is 6.03 Å². The van der Waals surface area contributed by atoms with Crippen molar-refractivity contribution in [2.45, 2.75) is 39.7 Å². The summed E-state index contributed by atoms with van der Waals surface area (Å²) in [5.74, 6) is 3.17. The molecule has 166 valence electrons. The van der Waals surface area contributed by atoms with E-state index in [1.54, 1.807) is 12.0 Å². The van der Waals surface area contributed by atoms with E-state index in [4.69, 9.17) is 19.4 Å². The number of amides is 2. The number of fused-ring (bicyclic) bond motifs is 1. The minimum Gasteiger partial charge on any atom is -0.493 e. The third-order valence-corrected chi connectivity index (χ3v) is 5.97. The quantitative estimate of drug-likeness (QED) is 0.789. The van der Waals surface area contributed by atoms with E-state index in [9.17, 15) is 4.79 Å². The second-order valence-corrected chi connectivity index (χ2v) is 8.18. The number of anilines is 1. The van der Waals surface area contributed by atoms with Gasteiger partial charge in [-0.3, -0.25) is 0 Å². The summed E-state index contributed by atoms with van der Waals surface area (Å²) < 4.78 is 11.7. The highest BCUT2D eigenvalue weighted by Crippen LogP contribution is 2.35. The molecule has 1 aromatic heterocycles. The summed E-state index contributed by atoms with van der Waals surface area (Å²) in [6.07, 6.45) is 2.94. The van der Waals surface area contributed by atoms with Crippen LogP contribution in [0.5, 0.6) is 17.4 Å². The van der Waals surface area contributed by atoms with Gasteiger partial charge in [0.2, 0.25) is 11.8 Å². The Morgan fingerprint density at radius 1 is 1.16 bits per heavy atom. The Hall–Kier alpha value is -3.03. The number of hydrogen-bond donors (Lipinski definition) is 1. The van der Waals surface area contributed by atoms with Crippen molar-refractivity contribution in [1.82, 2.24) is 20.2 Å². The van der Waals surface area contributed by atoms with Gasteiger partial charge in [-0.25, -0.2) is 9.78 Å². The molecule has 31 heavy (non-hydrogen) atoms. The Labute approximate surface area is 183 Å². The van der Waals surface area contributed by atoms with Crippen molar-refractivity contribution in [1.29, 1.82) is 0 Å². The Kier molecular flexibility index (Phi) is 6.44. The minimum atomic E-state index is -0.0783. The van der Waals surface area contributed by atoms with Gasteiger partial charge in [0.05, 0.1) is 24.9 Å². The molecule has 2 aliphatic rings. The Balaban J connectivity index is 1.69. The molecule has 1 fully saturated rings. The SMILES string of the molecule is CCNC(=O)N1CCc2nc(N3CCC(C)CC3)nc(Oc3ccccc3OC)c2C1. The number of hydrogen-bond acceptors (Lipinski definition) is 6. The van der Waals surface area contributed by atoms with E-state index in [0.29, 0.717) is 49.4 Å². The summed E-state index contributed by atoms with van der Waals surface area (Å²) in [6, 6.07) is 7.44. The zero-order valence-corrected chi connectivity index (χ0v) is 18.6. The third kappa shape index (κ3) is 4.68. The van der Waals surface area contributed by atoms with Gasteiger partial charge in [0, 0.05) is 32.6 Å². The van der Waals surface area contributed by atoms with E-state index in [0.717, 1.165) is 43.1 Å². The Morgan fingerprint density at radius 3 is 2.61 bits per heavy atom. The van der Waals surface area contributed by atoms with E-state index >= 15 is 0 Å². The van der Waals surface area contributed by atoms with Crippen LogP contribution in [0.25, 0.3) is 0 Å². The number of nitrogens with zero attached hydrogens (tertiary/aromatic N) is 4. The fraction of sp³-hybridized carbons (Fsp3) is 0.522. The number of ether oxygens (including phenoxy) is 2. The van der Waals surface area contributed by atoms with Crippen molar-refractivity contribution in [3.8, 4) is 17.4 Å². The van der Waals surface area contributed by atoms with E-state index < -0.39 is 0 Å². The van der Waals surface area contributed by atoms with Crippen LogP contribution in [0, 0.1) is 5.92 Å². The number of carbonyl (C=O) groups excluding carboxylic acids is 1. The van der Waals surface area contributed by atoms with Crippen molar-refractivity contribution >= 4 is 12.0 Å². The summed E-state index contributed by atoms with van der Waals surface area (Å²) in [5, 5.41) is 2.88. The Morgan fingerprint density at radius 2 is 1.90 bits per heavy atom. The van der Waals surface area contributed by atoms with Crippen LogP contribution in [0.4, 0.5) is 10.7 Å². The highest BCUT2D eigenvalue weighted by atomic mass is 16.5. The van der Waals surface area contributed by atoms with Crippen LogP contribution < -0.4 is 19.7 Å². The van der Waals surface area contributed by atoms with Crippen LogP contribution in [0.1, 0.15) is 37.9 Å². The largest absolute Gasteiger partial charge is 0.493 e. The first-order chi connectivity index (χ1) is 15.1. The zero-order valence-electron chi connectivity index (χ0n) is 18.6. The van der Waals surface area contributed by atoms with Crippen LogP contribution >= 0.6 is 0 Å². The van der Waals surface area contributed by atoms with E-state index in [1.165, 1.54) is 0 Å². The fourth-order valence-corrected chi connectivity index (χ4v) is 4.05. The molecule has 0 radical (unpaired) electrons. The van der Waals surface area contributed by atoms with Crippen molar-refractivity contribution in [2.75, 3.05) is 38.2 Å². The maximum atomic E-state index is 12.4. The molecule has 0 atom stereocenters. The molecular formula is C23H31N5O3. The van der Waals surface area contributed by atoms with Crippen molar-refractivity contribution in [2.24, 2.45) is 5.92 Å². The van der Waals surface area contributed by atoms with Crippen molar-refractivity contribution < 1.29 is 14.3 Å². The molecule has 0 bridgehead atoms. The van der Waals surface area contributed by atoms with Crippen molar-refractivity contribution in [3.05, 3.63) is 35.5 Å². The predicted octanol–water partition coefficient (Wildman–Crippen LogP) is 3.60. The van der Waals surface area contributed by atoms with Gasteiger partial charge in [-0.1, -0.05) is 19.1 Å². The lowest BCUT2D eigenvalue weighted by atomic mass is 9.99. The van der Waals surface area contributed by atoms with Gasteiger partial charge in [-0.05, 0) is 37.8 Å². The van der Waals surface area contributed by atoms with Gasteiger partial charge in [-0.2, -0.15) is 4.98 Å². The fourth-order valence-electron chi connectivity index (χ4n) is 4.05. The van der Waals surface area contributed by atoms with E-state index in [-0.39, 0.29) is 6.03 Å². The molecule has 1 aromatic carbocycles. The molecule has 0 saturated carbocycles. The summed E-state index contributed by atoms with van der Waals surface area (Å²) >= 11 is 0. The standard InChI is InChI=1S/C23H31N5O3/c1-4-24-23(29)28-14-11-18-17(15-28)21(31-20-8-6-5-7-19(20)30-3)26-22(25-18)27-12-9-16(2)10-13-27/h5-8,16H,4,9-15H2,1-3H3,(H,24,29). The maximum Gasteiger partial charge on any atom is 0.317 e. The van der Waals surface area contributed by atoms with E-state index in [2.05, 4.69) is 17.1 Å². The predicted molar refractivity (Wildman–Crippen MR) is 119 cm³/mol. The Bertz CT molecular complexity index is 927. The molecular weight excluding hydrogens is 394 g/mol. The number of rotatable bonds is 5. The number of methoxy groups -OCH3 is 1. The van der Waals surface area contributed by atoms with Crippen LogP contribution in [0.2, 0.25) is 0 Å². The zero-order chi connectivity index (χ0) is 21.8. The number of piperidine rings is 1. The molecule has 2 aromatic rings. The normalized spacial score (nSPS) is 16.6. The maximum absolute atomic E-state index is 12.4. The van der Waals surface area contributed by atoms with Gasteiger partial charge < -0.3 is 24.6 Å². The molecule has 1 N–H and O–H groups in total. The van der Waals surface area contributed by atoms with Gasteiger partial charge in [0.15, 0.2) is 11.5 Å². The molecule has 4 rings (SSSR count). The average molecular weight is 426 g/mol. The number of nitrogens with one attached hydrogen (secondary N) is 1. The highest BCUT2D eigenvalue weighted by Gasteiger charge is 2.28. The van der Waals surface area contributed by atoms with E-state index in [1.807, 2.05) is 31.2 Å². The molecule has 8 nitrogen and oxygen atoms in total. The lowest BCUT2D eigenvalue weighted by Gasteiger charge is -2.33. The number of para-hydroxylation sites is 2. The lowest BCUT2D eigenvalue weighted by molar-refractivity contribution is 0.191. The minimum absolute atomic E-state index is 0.0783. The summed E-state index contributed by atoms with van der Waals surface area (Å²) in [4.78, 5) is 26.2. The molecule has 0 aliphatic carbocycles. The van der Waals surface area contributed by atoms with Crippen molar-refractivity contribution in [3.63, 3.8) is 0 Å². The smallest absolute Gasteiger partial charge is 0.317 e. The molecule has 3 heterocycles. The summed E-state index contributed by atoms with van der Waals surface area (Å²) in [7, 11) is 1.62. The third-order valence-electron chi connectivity index (χ3n) is 5.97. The van der Waals surface area contributed by atoms with Gasteiger partial charge in [0.1, 0.15) is 0 Å². The number of carbonyl (C=O) groups is 1. The first-order valence-electron chi connectivity index (χ1n) is 11.1. The molecule has 8 heteroatoms. The second-order valence-electron chi connectivity index (χ2n) is 8.18. The molecule has 0 unspecified atom stereocenters. The monoisotopic (exact) mass is 425 g/mol. The van der Waals surface area contributed by atoms with Crippen LogP contribution in [-0.4, -0.2) is 54.2 Å². The number of benzene rings is 1. The van der Waals surface area contributed by atoms with Gasteiger partial charge in [-0.15, -0.1) is 0 Å². The summed E-state index contributed by atoms with van der Waals surface area (Å²) in [5.41, 5.74) is 1.81. The van der Waals surface area contributed by atoms with Crippen LogP contribution in [-0.2, 0) is 13.0 Å². The number of aromatic nitrogens is 2. The second kappa shape index (κ2) is 9.41.